The van der Waals surface area contributed by atoms with Crippen molar-refractivity contribution in [3.8, 4) is 0 Å². The Morgan fingerprint density at radius 1 is 0.917 bits per heavy atom. The van der Waals surface area contributed by atoms with Crippen molar-refractivity contribution in [2.75, 3.05) is 19.6 Å². The van der Waals surface area contributed by atoms with Crippen LogP contribution >= 0.6 is 0 Å². The summed E-state index contributed by atoms with van der Waals surface area (Å²) in [4.78, 5) is 2.60. The Morgan fingerprint density at radius 2 is 1.38 bits per heavy atom. The van der Waals surface area contributed by atoms with Crippen LogP contribution in [-0.2, 0) is 0 Å². The van der Waals surface area contributed by atoms with Crippen LogP contribution in [0, 0.1) is 11.8 Å². The van der Waals surface area contributed by atoms with Gasteiger partial charge in [-0.05, 0) is 29.4 Å². The van der Waals surface area contributed by atoms with E-state index in [2.05, 4.69) is 86.0 Å². The largest absolute Gasteiger partial charge is 0.299 e. The molecule has 1 heterocycles. The van der Waals surface area contributed by atoms with Crippen LogP contribution in [0.4, 0.5) is 0 Å². The topological polar surface area (TPSA) is 3.24 Å². The molecule has 1 saturated heterocycles. The molecule has 3 rings (SSSR count). The van der Waals surface area contributed by atoms with Gasteiger partial charge in [-0.2, -0.15) is 0 Å². The summed E-state index contributed by atoms with van der Waals surface area (Å²) in [6, 6.07) is 21.6. The molecule has 1 aliphatic rings. The first kappa shape index (κ1) is 17.0. The quantitative estimate of drug-likeness (QED) is 0.671. The van der Waals surface area contributed by atoms with Gasteiger partial charge in [-0.1, -0.05) is 86.7 Å². The Balaban J connectivity index is 1.82. The number of nitrogens with zero attached hydrogens (tertiary/aromatic N) is 1. The van der Waals surface area contributed by atoms with E-state index in [1.165, 1.54) is 36.2 Å². The second kappa shape index (κ2) is 7.81. The van der Waals surface area contributed by atoms with Crippen molar-refractivity contribution in [1.29, 1.82) is 0 Å². The van der Waals surface area contributed by atoms with Crippen molar-refractivity contribution in [2.24, 2.45) is 11.8 Å². The third kappa shape index (κ3) is 4.15. The van der Waals surface area contributed by atoms with Crippen molar-refractivity contribution in [2.45, 2.75) is 26.2 Å². The lowest BCUT2D eigenvalue weighted by Gasteiger charge is -2.36. The second-order valence-electron chi connectivity index (χ2n) is 7.55. The Kier molecular flexibility index (Phi) is 5.52. The van der Waals surface area contributed by atoms with Crippen LogP contribution in [0.3, 0.4) is 0 Å². The van der Waals surface area contributed by atoms with Gasteiger partial charge in [0.2, 0.25) is 0 Å². The van der Waals surface area contributed by atoms with Gasteiger partial charge in [-0.15, -0.1) is 0 Å². The van der Waals surface area contributed by atoms with Gasteiger partial charge in [0, 0.05) is 25.6 Å². The number of rotatable bonds is 5. The molecule has 1 heteroatoms. The Labute approximate surface area is 147 Å². The molecule has 0 saturated carbocycles. The fourth-order valence-corrected chi connectivity index (χ4v) is 4.25. The third-order valence-electron chi connectivity index (χ3n) is 5.05. The maximum Gasteiger partial charge on any atom is 0.0308 e. The molecule has 0 aliphatic carbocycles. The Hall–Kier alpha value is -1.86. The maximum absolute atomic E-state index is 4.51. The highest BCUT2D eigenvalue weighted by molar-refractivity contribution is 5.40. The molecule has 2 aromatic carbocycles. The van der Waals surface area contributed by atoms with Crippen LogP contribution in [0.15, 0.2) is 72.8 Å². The molecule has 126 valence electrons. The highest BCUT2D eigenvalue weighted by Crippen LogP contribution is 2.32. The average molecular weight is 319 g/mol. The molecule has 0 aromatic heterocycles. The molecule has 24 heavy (non-hydrogen) atoms. The smallest absolute Gasteiger partial charge is 0.0308 e. The molecule has 0 bridgehead atoms. The summed E-state index contributed by atoms with van der Waals surface area (Å²) in [6.07, 6.45) is 1.35. The van der Waals surface area contributed by atoms with Crippen LogP contribution in [0.25, 0.3) is 0 Å². The summed E-state index contributed by atoms with van der Waals surface area (Å²) in [5.41, 5.74) is 3.98. The molecule has 0 radical (unpaired) electrons. The third-order valence-corrected chi connectivity index (χ3v) is 5.05. The predicted molar refractivity (Wildman–Crippen MR) is 103 cm³/mol. The first-order valence-electron chi connectivity index (χ1n) is 9.13. The first-order valence-corrected chi connectivity index (χ1v) is 9.13. The van der Waals surface area contributed by atoms with E-state index in [-0.39, 0.29) is 5.92 Å². The molecule has 0 N–H and O–H groups in total. The van der Waals surface area contributed by atoms with E-state index in [0.29, 0.717) is 0 Å². The molecule has 2 unspecified atom stereocenters. The highest BCUT2D eigenvalue weighted by atomic mass is 15.1. The predicted octanol–water partition coefficient (Wildman–Crippen LogP) is 5.35. The standard InChI is InChI=1S/C23H29N/c1-18-14-19(2)16-24(15-18)17-20(3)23(21-10-6-4-7-11-21)22-12-8-5-9-13-22/h4-13,18-19,23H,3,14-17H2,1-2H3. The fraction of sp³-hybridized carbons (Fsp3) is 0.391. The van der Waals surface area contributed by atoms with Gasteiger partial charge in [0.15, 0.2) is 0 Å². The van der Waals surface area contributed by atoms with Gasteiger partial charge in [0.25, 0.3) is 0 Å². The molecule has 2 aromatic rings. The second-order valence-corrected chi connectivity index (χ2v) is 7.55. The van der Waals surface area contributed by atoms with Crippen LogP contribution in [0.1, 0.15) is 37.3 Å². The van der Waals surface area contributed by atoms with E-state index in [4.69, 9.17) is 0 Å². The van der Waals surface area contributed by atoms with E-state index < -0.39 is 0 Å². The highest BCUT2D eigenvalue weighted by Gasteiger charge is 2.25. The summed E-state index contributed by atoms with van der Waals surface area (Å²) in [6.45, 7) is 12.6. The van der Waals surface area contributed by atoms with Crippen molar-refractivity contribution < 1.29 is 0 Å². The lowest BCUT2D eigenvalue weighted by Crippen LogP contribution is -2.40. The number of hydrogen-bond donors (Lipinski definition) is 0. The van der Waals surface area contributed by atoms with Gasteiger partial charge in [-0.3, -0.25) is 4.90 Å². The summed E-state index contributed by atoms with van der Waals surface area (Å²) in [5.74, 6) is 1.85. The van der Waals surface area contributed by atoms with Gasteiger partial charge < -0.3 is 0 Å². The van der Waals surface area contributed by atoms with Gasteiger partial charge in [0.05, 0.1) is 0 Å². The molecule has 0 amide bonds. The van der Waals surface area contributed by atoms with Gasteiger partial charge in [-0.25, -0.2) is 0 Å². The van der Waals surface area contributed by atoms with Crippen LogP contribution in [-0.4, -0.2) is 24.5 Å². The van der Waals surface area contributed by atoms with Crippen molar-refractivity contribution in [1.82, 2.24) is 4.90 Å². The molecular formula is C23H29N. The normalized spacial score (nSPS) is 21.8. The molecular weight excluding hydrogens is 290 g/mol. The van der Waals surface area contributed by atoms with Crippen LogP contribution < -0.4 is 0 Å². The van der Waals surface area contributed by atoms with E-state index in [1.54, 1.807) is 0 Å². The SMILES string of the molecule is C=C(CN1CC(C)CC(C)C1)C(c1ccccc1)c1ccccc1. The summed E-state index contributed by atoms with van der Waals surface area (Å²) >= 11 is 0. The zero-order chi connectivity index (χ0) is 16.9. The van der Waals surface area contributed by atoms with Crippen molar-refractivity contribution >= 4 is 0 Å². The lowest BCUT2D eigenvalue weighted by atomic mass is 9.84. The Bertz CT molecular complexity index is 597. The van der Waals surface area contributed by atoms with E-state index in [0.717, 1.165) is 18.4 Å². The van der Waals surface area contributed by atoms with E-state index in [1.807, 2.05) is 0 Å². The van der Waals surface area contributed by atoms with Gasteiger partial charge in [0.1, 0.15) is 0 Å². The summed E-state index contributed by atoms with van der Waals surface area (Å²) < 4.78 is 0. The molecule has 1 aliphatic heterocycles. The number of piperidine rings is 1. The average Bonchev–Trinajstić information content (AvgIpc) is 2.56. The number of likely N-dealkylation sites (tertiary alicyclic amines) is 1. The van der Waals surface area contributed by atoms with E-state index >= 15 is 0 Å². The minimum atomic E-state index is 0.278. The molecule has 0 spiro atoms. The fourth-order valence-electron chi connectivity index (χ4n) is 4.25. The first-order chi connectivity index (χ1) is 11.6. The zero-order valence-corrected chi connectivity index (χ0v) is 15.0. The van der Waals surface area contributed by atoms with Crippen molar-refractivity contribution in [3.05, 3.63) is 83.9 Å². The number of benzene rings is 2. The van der Waals surface area contributed by atoms with Crippen molar-refractivity contribution in [3.63, 3.8) is 0 Å². The Morgan fingerprint density at radius 3 is 1.83 bits per heavy atom. The minimum absolute atomic E-state index is 0.278. The summed E-state index contributed by atoms with van der Waals surface area (Å²) in [5, 5.41) is 0. The van der Waals surface area contributed by atoms with Crippen LogP contribution in [0.2, 0.25) is 0 Å². The zero-order valence-electron chi connectivity index (χ0n) is 15.0. The summed E-state index contributed by atoms with van der Waals surface area (Å²) in [7, 11) is 0. The molecule has 1 fully saturated rings. The van der Waals surface area contributed by atoms with Gasteiger partial charge >= 0.3 is 0 Å². The maximum atomic E-state index is 4.51. The lowest BCUT2D eigenvalue weighted by molar-refractivity contribution is 0.151. The number of hydrogen-bond acceptors (Lipinski definition) is 1. The van der Waals surface area contributed by atoms with E-state index in [9.17, 15) is 0 Å². The minimum Gasteiger partial charge on any atom is -0.299 e. The monoisotopic (exact) mass is 319 g/mol. The molecule has 2 atom stereocenters. The molecule has 1 nitrogen and oxygen atoms in total. The van der Waals surface area contributed by atoms with Crippen LogP contribution in [0.5, 0.6) is 0 Å².